The smallest absolute Gasteiger partial charge is 0.0991 e. The van der Waals surface area contributed by atoms with E-state index in [1.807, 2.05) is 6.07 Å². The molecule has 3 rings (SSSR count). The van der Waals surface area contributed by atoms with Gasteiger partial charge in [0.05, 0.1) is 8.67 Å². The normalized spacial score (nSPS) is 33.9. The van der Waals surface area contributed by atoms with Crippen LogP contribution >= 0.6 is 34.5 Å². The Balaban J connectivity index is 1.81. The Morgan fingerprint density at radius 2 is 2.22 bits per heavy atom. The molecule has 2 aliphatic heterocycles. The number of rotatable bonds is 2. The van der Waals surface area contributed by atoms with E-state index in [1.165, 1.54) is 23.4 Å². The summed E-state index contributed by atoms with van der Waals surface area (Å²) in [6.45, 7) is 8.08. The molecule has 0 aliphatic carbocycles. The summed E-state index contributed by atoms with van der Waals surface area (Å²) in [5.41, 5.74) is 1.19. The lowest BCUT2D eigenvalue weighted by Crippen LogP contribution is -2.35. The molecule has 4 atom stereocenters. The standard InChI is InChI=1S/C13H18Cl2N2S/c1-7(10-3-12(14)18-13(10)15)17-6-9-4-16-5-11(9)8(17)2/h3,7-9,11,16H,4-6H2,1-2H3. The molecule has 0 bridgehead atoms. The summed E-state index contributed by atoms with van der Waals surface area (Å²) in [7, 11) is 0. The lowest BCUT2D eigenvalue weighted by atomic mass is 9.95. The highest BCUT2D eigenvalue weighted by molar-refractivity contribution is 7.20. The van der Waals surface area contributed by atoms with Crippen molar-refractivity contribution in [3.8, 4) is 0 Å². The predicted molar refractivity (Wildman–Crippen MR) is 78.8 cm³/mol. The van der Waals surface area contributed by atoms with Crippen LogP contribution in [-0.4, -0.2) is 30.6 Å². The van der Waals surface area contributed by atoms with Gasteiger partial charge in [-0.1, -0.05) is 23.2 Å². The first-order valence-electron chi connectivity index (χ1n) is 6.49. The molecule has 5 heteroatoms. The maximum absolute atomic E-state index is 6.28. The van der Waals surface area contributed by atoms with Gasteiger partial charge in [-0.25, -0.2) is 0 Å². The van der Waals surface area contributed by atoms with Crippen LogP contribution in [0.15, 0.2) is 6.07 Å². The zero-order valence-corrected chi connectivity index (χ0v) is 12.9. The summed E-state index contributed by atoms with van der Waals surface area (Å²) in [6.07, 6.45) is 0. The highest BCUT2D eigenvalue weighted by Gasteiger charge is 2.43. The quantitative estimate of drug-likeness (QED) is 0.897. The maximum Gasteiger partial charge on any atom is 0.0991 e. The lowest BCUT2D eigenvalue weighted by molar-refractivity contribution is 0.182. The van der Waals surface area contributed by atoms with Crippen LogP contribution in [-0.2, 0) is 0 Å². The van der Waals surface area contributed by atoms with E-state index < -0.39 is 0 Å². The molecular weight excluding hydrogens is 287 g/mol. The van der Waals surface area contributed by atoms with Gasteiger partial charge < -0.3 is 5.32 Å². The number of thiophene rings is 1. The minimum absolute atomic E-state index is 0.363. The van der Waals surface area contributed by atoms with Gasteiger partial charge in [0.1, 0.15) is 0 Å². The van der Waals surface area contributed by atoms with Gasteiger partial charge in [-0.15, -0.1) is 11.3 Å². The van der Waals surface area contributed by atoms with E-state index in [9.17, 15) is 0 Å². The van der Waals surface area contributed by atoms with Crippen molar-refractivity contribution >= 4 is 34.5 Å². The molecule has 2 aliphatic rings. The molecule has 18 heavy (non-hydrogen) atoms. The Kier molecular flexibility index (Phi) is 3.63. The second kappa shape index (κ2) is 4.95. The van der Waals surface area contributed by atoms with Gasteiger partial charge in [-0.3, -0.25) is 4.90 Å². The van der Waals surface area contributed by atoms with Gasteiger partial charge in [0.2, 0.25) is 0 Å². The number of halogens is 2. The Bertz CT molecular complexity index is 448. The summed E-state index contributed by atoms with van der Waals surface area (Å²) < 4.78 is 1.63. The van der Waals surface area contributed by atoms with Gasteiger partial charge in [0.25, 0.3) is 0 Å². The summed E-state index contributed by atoms with van der Waals surface area (Å²) in [6, 6.07) is 3.01. The van der Waals surface area contributed by atoms with Crippen LogP contribution in [0.2, 0.25) is 8.67 Å². The third kappa shape index (κ3) is 2.10. The van der Waals surface area contributed by atoms with E-state index in [4.69, 9.17) is 23.2 Å². The average molecular weight is 305 g/mol. The monoisotopic (exact) mass is 304 g/mol. The summed E-state index contributed by atoms with van der Waals surface area (Å²) >= 11 is 13.8. The number of likely N-dealkylation sites (tertiary alicyclic amines) is 1. The molecule has 0 aromatic carbocycles. The topological polar surface area (TPSA) is 15.3 Å². The van der Waals surface area contributed by atoms with Crippen LogP contribution in [0.4, 0.5) is 0 Å². The lowest BCUT2D eigenvalue weighted by Gasteiger charge is -2.30. The molecule has 0 radical (unpaired) electrons. The molecule has 1 aromatic rings. The number of nitrogens with zero attached hydrogens (tertiary/aromatic N) is 1. The fourth-order valence-corrected chi connectivity index (χ4v) is 5.16. The SMILES string of the molecule is CC(c1cc(Cl)sc1Cl)N1CC2CNCC2C1C. The molecule has 0 amide bonds. The van der Waals surface area contributed by atoms with Crippen molar-refractivity contribution < 1.29 is 0 Å². The Morgan fingerprint density at radius 3 is 2.83 bits per heavy atom. The minimum atomic E-state index is 0.363. The number of hydrogen-bond donors (Lipinski definition) is 1. The number of fused-ring (bicyclic) bond motifs is 1. The molecule has 0 saturated carbocycles. The van der Waals surface area contributed by atoms with E-state index in [-0.39, 0.29) is 0 Å². The summed E-state index contributed by atoms with van der Waals surface area (Å²) in [4.78, 5) is 2.58. The average Bonchev–Trinajstić information content (AvgIpc) is 2.96. The predicted octanol–water partition coefficient (Wildman–Crippen LogP) is 3.66. The highest BCUT2D eigenvalue weighted by atomic mass is 35.5. The zero-order chi connectivity index (χ0) is 12.9. The van der Waals surface area contributed by atoms with E-state index in [2.05, 4.69) is 24.1 Å². The second-order valence-electron chi connectivity index (χ2n) is 5.48. The van der Waals surface area contributed by atoms with Crippen molar-refractivity contribution in [2.24, 2.45) is 11.8 Å². The molecule has 0 spiro atoms. The molecule has 2 fully saturated rings. The Morgan fingerprint density at radius 1 is 1.44 bits per heavy atom. The molecular formula is C13H18Cl2N2S. The molecule has 1 aromatic heterocycles. The molecule has 2 nitrogen and oxygen atoms in total. The van der Waals surface area contributed by atoms with Crippen molar-refractivity contribution in [2.45, 2.75) is 25.9 Å². The van der Waals surface area contributed by atoms with Gasteiger partial charge >= 0.3 is 0 Å². The zero-order valence-electron chi connectivity index (χ0n) is 10.6. The van der Waals surface area contributed by atoms with Crippen LogP contribution < -0.4 is 5.32 Å². The Hall–Kier alpha value is 0.200. The van der Waals surface area contributed by atoms with Crippen molar-refractivity contribution in [1.29, 1.82) is 0 Å². The third-order valence-corrected chi connectivity index (χ3v) is 6.13. The Labute approximate surface area is 122 Å². The van der Waals surface area contributed by atoms with Gasteiger partial charge in [-0.2, -0.15) is 0 Å². The van der Waals surface area contributed by atoms with E-state index in [0.717, 1.165) is 33.6 Å². The van der Waals surface area contributed by atoms with Crippen LogP contribution in [0, 0.1) is 11.8 Å². The van der Waals surface area contributed by atoms with Gasteiger partial charge in [0.15, 0.2) is 0 Å². The van der Waals surface area contributed by atoms with Crippen LogP contribution in [0.1, 0.15) is 25.5 Å². The van der Waals surface area contributed by atoms with Crippen LogP contribution in [0.3, 0.4) is 0 Å². The molecule has 3 heterocycles. The van der Waals surface area contributed by atoms with Crippen LogP contribution in [0.25, 0.3) is 0 Å². The van der Waals surface area contributed by atoms with Gasteiger partial charge in [0, 0.05) is 24.2 Å². The fraction of sp³-hybridized carbons (Fsp3) is 0.692. The van der Waals surface area contributed by atoms with Crippen molar-refractivity contribution in [3.63, 3.8) is 0 Å². The first-order valence-corrected chi connectivity index (χ1v) is 8.06. The van der Waals surface area contributed by atoms with E-state index >= 15 is 0 Å². The van der Waals surface area contributed by atoms with Crippen molar-refractivity contribution in [2.75, 3.05) is 19.6 Å². The minimum Gasteiger partial charge on any atom is -0.316 e. The van der Waals surface area contributed by atoms with E-state index in [0.29, 0.717) is 12.1 Å². The first kappa shape index (κ1) is 13.2. The maximum atomic E-state index is 6.28. The first-order chi connectivity index (χ1) is 8.58. The highest BCUT2D eigenvalue weighted by Crippen LogP contribution is 2.42. The van der Waals surface area contributed by atoms with E-state index in [1.54, 1.807) is 0 Å². The number of nitrogens with one attached hydrogen (secondary N) is 1. The molecule has 4 unspecified atom stereocenters. The number of hydrogen-bond acceptors (Lipinski definition) is 3. The molecule has 1 N–H and O–H groups in total. The van der Waals surface area contributed by atoms with Gasteiger partial charge in [-0.05, 0) is 44.8 Å². The summed E-state index contributed by atoms with van der Waals surface area (Å²) in [5.74, 6) is 1.59. The third-order valence-electron chi connectivity index (χ3n) is 4.61. The van der Waals surface area contributed by atoms with Crippen molar-refractivity contribution in [1.82, 2.24) is 10.2 Å². The summed E-state index contributed by atoms with van der Waals surface area (Å²) in [5, 5.41) is 3.50. The fourth-order valence-electron chi connectivity index (χ4n) is 3.53. The van der Waals surface area contributed by atoms with Crippen LogP contribution in [0.5, 0.6) is 0 Å². The largest absolute Gasteiger partial charge is 0.316 e. The molecule has 100 valence electrons. The second-order valence-corrected chi connectivity index (χ2v) is 7.76. The van der Waals surface area contributed by atoms with Crippen molar-refractivity contribution in [3.05, 3.63) is 20.3 Å². The molecule has 2 saturated heterocycles.